The number of nitrogens with one attached hydrogen (secondary N) is 2. The van der Waals surface area contributed by atoms with E-state index in [0.29, 0.717) is 22.7 Å². The number of benzene rings is 1. The predicted molar refractivity (Wildman–Crippen MR) is 75.4 cm³/mol. The molecule has 0 atom stereocenters. The fourth-order valence-corrected chi connectivity index (χ4v) is 1.89. The molecular weight excluding hydrogens is 256 g/mol. The third-order valence-corrected chi connectivity index (χ3v) is 2.93. The largest absolute Gasteiger partial charge is 0.438 e. The molecular formula is C13H14N6O. The minimum atomic E-state index is 0.267. The number of nitrogen functional groups attached to an aromatic ring is 1. The molecule has 7 nitrogen and oxygen atoms in total. The Bertz CT molecular complexity index is 739. The molecule has 0 unspecified atom stereocenters. The number of aryl methyl sites for hydroxylation is 1. The van der Waals surface area contributed by atoms with Crippen LogP contribution >= 0.6 is 0 Å². The fraction of sp³-hybridized carbons (Fsp3) is 0.154. The topological polar surface area (TPSA) is 102 Å². The third-order valence-electron chi connectivity index (χ3n) is 2.93. The van der Waals surface area contributed by atoms with Crippen molar-refractivity contribution in [1.29, 1.82) is 0 Å². The molecule has 0 spiro atoms. The van der Waals surface area contributed by atoms with E-state index in [1.54, 1.807) is 6.20 Å². The van der Waals surface area contributed by atoms with Crippen LogP contribution < -0.4 is 16.0 Å². The Kier molecular flexibility index (Phi) is 3.18. The molecule has 0 saturated heterocycles. The van der Waals surface area contributed by atoms with Gasteiger partial charge in [0.25, 0.3) is 0 Å². The molecule has 3 rings (SSSR count). The molecule has 0 aliphatic heterocycles. The Morgan fingerprint density at radius 3 is 3.05 bits per heavy atom. The van der Waals surface area contributed by atoms with Crippen LogP contribution in [0.25, 0.3) is 11.0 Å². The number of hydrogen-bond donors (Lipinski definition) is 3. The summed E-state index contributed by atoms with van der Waals surface area (Å²) in [5, 5.41) is 7.40. The molecule has 0 amide bonds. The molecule has 102 valence electrons. The van der Waals surface area contributed by atoms with E-state index in [9.17, 15) is 0 Å². The molecule has 20 heavy (non-hydrogen) atoms. The first-order chi connectivity index (χ1) is 9.80. The number of hydrogen-bond acceptors (Lipinski definition) is 6. The number of nitrogens with two attached hydrogens (primary N) is 1. The zero-order valence-electron chi connectivity index (χ0n) is 10.9. The molecule has 3 aromatic rings. The summed E-state index contributed by atoms with van der Waals surface area (Å²) in [5.74, 6) is 6.74. The highest BCUT2D eigenvalue weighted by Crippen LogP contribution is 2.27. The molecule has 2 heterocycles. The number of fused-ring (bicyclic) bond motifs is 1. The highest BCUT2D eigenvalue weighted by Gasteiger charge is 2.11. The first-order valence-corrected chi connectivity index (χ1v) is 6.24. The van der Waals surface area contributed by atoms with Gasteiger partial charge in [0.2, 0.25) is 11.8 Å². The van der Waals surface area contributed by atoms with Crippen LogP contribution in [0.5, 0.6) is 11.6 Å². The van der Waals surface area contributed by atoms with E-state index in [-0.39, 0.29) is 5.95 Å². The lowest BCUT2D eigenvalue weighted by Crippen LogP contribution is -2.10. The summed E-state index contributed by atoms with van der Waals surface area (Å²) in [6.07, 6.45) is 2.56. The van der Waals surface area contributed by atoms with Gasteiger partial charge in [-0.3, -0.25) is 10.5 Å². The smallest absolute Gasteiger partial charge is 0.242 e. The van der Waals surface area contributed by atoms with Crippen LogP contribution in [0.1, 0.15) is 12.5 Å². The van der Waals surface area contributed by atoms with E-state index in [1.807, 2.05) is 24.3 Å². The van der Waals surface area contributed by atoms with Crippen molar-refractivity contribution in [2.75, 3.05) is 5.43 Å². The lowest BCUT2D eigenvalue weighted by Gasteiger charge is -2.08. The van der Waals surface area contributed by atoms with Crippen molar-refractivity contribution in [3.63, 3.8) is 0 Å². The second-order valence-corrected chi connectivity index (χ2v) is 4.23. The number of ether oxygens (including phenoxy) is 1. The van der Waals surface area contributed by atoms with Crippen LogP contribution in [-0.4, -0.2) is 20.2 Å². The summed E-state index contributed by atoms with van der Waals surface area (Å²) >= 11 is 0. The van der Waals surface area contributed by atoms with Crippen LogP contribution in [-0.2, 0) is 6.42 Å². The highest BCUT2D eigenvalue weighted by atomic mass is 16.5. The van der Waals surface area contributed by atoms with E-state index in [2.05, 4.69) is 32.5 Å². The monoisotopic (exact) mass is 270 g/mol. The summed E-state index contributed by atoms with van der Waals surface area (Å²) in [7, 11) is 0. The van der Waals surface area contributed by atoms with Gasteiger partial charge in [0, 0.05) is 0 Å². The highest BCUT2D eigenvalue weighted by molar-refractivity contribution is 5.80. The molecule has 0 radical (unpaired) electrons. The van der Waals surface area contributed by atoms with Gasteiger partial charge >= 0.3 is 0 Å². The van der Waals surface area contributed by atoms with Crippen LogP contribution in [0.2, 0.25) is 0 Å². The van der Waals surface area contributed by atoms with Gasteiger partial charge in [-0.05, 0) is 24.1 Å². The van der Waals surface area contributed by atoms with E-state index in [1.165, 1.54) is 5.56 Å². The van der Waals surface area contributed by atoms with Gasteiger partial charge < -0.3 is 4.74 Å². The third kappa shape index (κ3) is 2.26. The molecule has 4 N–H and O–H groups in total. The van der Waals surface area contributed by atoms with Crippen molar-refractivity contribution in [3.8, 4) is 11.6 Å². The van der Waals surface area contributed by atoms with Gasteiger partial charge in [-0.2, -0.15) is 15.1 Å². The second kappa shape index (κ2) is 5.14. The fourth-order valence-electron chi connectivity index (χ4n) is 1.89. The minimum Gasteiger partial charge on any atom is -0.438 e. The van der Waals surface area contributed by atoms with Crippen LogP contribution in [0, 0.1) is 0 Å². The lowest BCUT2D eigenvalue weighted by atomic mass is 10.2. The summed E-state index contributed by atoms with van der Waals surface area (Å²) in [6.45, 7) is 2.09. The maximum atomic E-state index is 5.83. The summed E-state index contributed by atoms with van der Waals surface area (Å²) in [6, 6.07) is 7.85. The van der Waals surface area contributed by atoms with E-state index >= 15 is 0 Å². The number of H-pyrrole nitrogens is 1. The number of hydrazine groups is 1. The summed E-state index contributed by atoms with van der Waals surface area (Å²) < 4.78 is 5.83. The minimum absolute atomic E-state index is 0.267. The Morgan fingerprint density at radius 1 is 1.35 bits per heavy atom. The standard InChI is InChI=1S/C13H14N6O/c1-2-8-4-3-5-9(6-8)20-12-10-7-15-19-11(10)16-13(17-12)18-14/h3-7H,2,14H2,1H3,(H2,15,16,17,18,19). The van der Waals surface area contributed by atoms with Crippen molar-refractivity contribution in [2.24, 2.45) is 5.84 Å². The van der Waals surface area contributed by atoms with Gasteiger partial charge in [0.1, 0.15) is 11.1 Å². The Hall–Kier alpha value is -2.67. The van der Waals surface area contributed by atoms with Gasteiger partial charge in [0.05, 0.1) is 6.20 Å². The molecule has 0 aliphatic carbocycles. The number of anilines is 1. The van der Waals surface area contributed by atoms with Crippen LogP contribution in [0.3, 0.4) is 0 Å². The maximum absolute atomic E-state index is 5.83. The summed E-state index contributed by atoms with van der Waals surface area (Å²) in [5.41, 5.74) is 4.16. The number of aromatic nitrogens is 4. The van der Waals surface area contributed by atoms with Gasteiger partial charge in [-0.1, -0.05) is 19.1 Å². The molecule has 1 aromatic carbocycles. The van der Waals surface area contributed by atoms with Gasteiger partial charge in [0.15, 0.2) is 5.65 Å². The molecule has 7 heteroatoms. The molecule has 0 saturated carbocycles. The zero-order chi connectivity index (χ0) is 13.9. The average molecular weight is 270 g/mol. The molecule has 0 bridgehead atoms. The number of nitrogens with zero attached hydrogens (tertiary/aromatic N) is 3. The van der Waals surface area contributed by atoms with Crippen molar-refractivity contribution in [2.45, 2.75) is 13.3 Å². The second-order valence-electron chi connectivity index (χ2n) is 4.23. The average Bonchev–Trinajstić information content (AvgIpc) is 2.96. The van der Waals surface area contributed by atoms with Crippen molar-refractivity contribution in [3.05, 3.63) is 36.0 Å². The predicted octanol–water partition coefficient (Wildman–Crippen LogP) is 1.99. The van der Waals surface area contributed by atoms with E-state index in [4.69, 9.17) is 10.6 Å². The maximum Gasteiger partial charge on any atom is 0.242 e. The Balaban J connectivity index is 2.02. The lowest BCUT2D eigenvalue weighted by molar-refractivity contribution is 0.468. The number of aromatic amines is 1. The normalized spacial score (nSPS) is 10.7. The van der Waals surface area contributed by atoms with Crippen LogP contribution in [0.15, 0.2) is 30.5 Å². The summed E-state index contributed by atoms with van der Waals surface area (Å²) in [4.78, 5) is 8.36. The van der Waals surface area contributed by atoms with E-state index < -0.39 is 0 Å². The van der Waals surface area contributed by atoms with Gasteiger partial charge in [-0.25, -0.2) is 5.84 Å². The first-order valence-electron chi connectivity index (χ1n) is 6.24. The van der Waals surface area contributed by atoms with Crippen molar-refractivity contribution >= 4 is 17.0 Å². The number of rotatable bonds is 4. The first kappa shape index (κ1) is 12.4. The van der Waals surface area contributed by atoms with Crippen molar-refractivity contribution in [1.82, 2.24) is 20.2 Å². The molecule has 0 fully saturated rings. The molecule has 0 aliphatic rings. The Labute approximate surface area is 115 Å². The quantitative estimate of drug-likeness (QED) is 0.495. The zero-order valence-corrected chi connectivity index (χ0v) is 10.9. The van der Waals surface area contributed by atoms with Crippen molar-refractivity contribution < 1.29 is 4.74 Å². The van der Waals surface area contributed by atoms with Crippen LogP contribution in [0.4, 0.5) is 5.95 Å². The SMILES string of the molecule is CCc1cccc(Oc2nc(NN)nc3[nH]ncc23)c1. The van der Waals surface area contributed by atoms with E-state index in [0.717, 1.165) is 6.42 Å². The van der Waals surface area contributed by atoms with Gasteiger partial charge in [-0.15, -0.1) is 0 Å². The Morgan fingerprint density at radius 2 is 2.25 bits per heavy atom. The molecule has 2 aromatic heterocycles.